The lowest BCUT2D eigenvalue weighted by Gasteiger charge is -2.12. The first-order chi connectivity index (χ1) is 21.8. The van der Waals surface area contributed by atoms with Crippen molar-refractivity contribution in [3.63, 3.8) is 0 Å². The third kappa shape index (κ3) is 3.69. The van der Waals surface area contributed by atoms with Gasteiger partial charge in [0.2, 0.25) is 5.95 Å². The monoisotopic (exact) mass is 563 g/mol. The van der Waals surface area contributed by atoms with Gasteiger partial charge in [-0.15, -0.1) is 0 Å². The molecule has 0 fully saturated rings. The lowest BCUT2D eigenvalue weighted by atomic mass is 10.1. The molecule has 0 saturated heterocycles. The van der Waals surface area contributed by atoms with Gasteiger partial charge in [-0.2, -0.15) is 0 Å². The maximum Gasteiger partial charge on any atom is 0.235 e. The van der Waals surface area contributed by atoms with Crippen molar-refractivity contribution < 1.29 is 0 Å². The number of pyridine rings is 1. The summed E-state index contributed by atoms with van der Waals surface area (Å²) >= 11 is 0. The zero-order chi connectivity index (χ0) is 29.0. The van der Waals surface area contributed by atoms with Crippen molar-refractivity contribution in [2.24, 2.45) is 0 Å². The van der Waals surface area contributed by atoms with Gasteiger partial charge in [-0.1, -0.05) is 115 Å². The molecule has 0 spiro atoms. The Hall–Kier alpha value is -6.07. The fourth-order valence-electron chi connectivity index (χ4n) is 6.44. The lowest BCUT2D eigenvalue weighted by molar-refractivity contribution is 1.000. The summed E-state index contributed by atoms with van der Waals surface area (Å²) in [5, 5.41) is 3.23. The summed E-state index contributed by atoms with van der Waals surface area (Å²) in [6.45, 7) is 0. The second kappa shape index (κ2) is 9.75. The Morgan fingerprint density at radius 1 is 0.432 bits per heavy atom. The molecule has 4 heterocycles. The topological polar surface area (TPSA) is 48.5 Å². The highest BCUT2D eigenvalue weighted by atomic mass is 15.2. The summed E-state index contributed by atoms with van der Waals surface area (Å²) in [4.78, 5) is 15.5. The van der Waals surface area contributed by atoms with E-state index in [-0.39, 0.29) is 0 Å². The quantitative estimate of drug-likeness (QED) is 0.214. The van der Waals surface area contributed by atoms with Crippen LogP contribution in [0.15, 0.2) is 152 Å². The van der Waals surface area contributed by atoms with E-state index in [1.165, 1.54) is 0 Å². The molecule has 0 atom stereocenters. The predicted molar refractivity (Wildman–Crippen MR) is 179 cm³/mol. The molecule has 0 amide bonds. The van der Waals surface area contributed by atoms with Gasteiger partial charge in [0.15, 0.2) is 0 Å². The second-order valence-electron chi connectivity index (χ2n) is 10.9. The molecule has 0 unspecified atom stereocenters. The van der Waals surface area contributed by atoms with Crippen molar-refractivity contribution in [2.45, 2.75) is 0 Å². The van der Waals surface area contributed by atoms with Crippen LogP contribution in [0.25, 0.3) is 77.9 Å². The molecule has 0 radical (unpaired) electrons. The number of aromatic nitrogens is 5. The van der Waals surface area contributed by atoms with Crippen LogP contribution in [-0.2, 0) is 0 Å². The van der Waals surface area contributed by atoms with Gasteiger partial charge in [-0.3, -0.25) is 9.55 Å². The Morgan fingerprint density at radius 2 is 0.977 bits per heavy atom. The number of fused-ring (bicyclic) bond motifs is 7. The molecule has 0 aliphatic carbocycles. The second-order valence-corrected chi connectivity index (χ2v) is 10.9. The highest BCUT2D eigenvalue weighted by molar-refractivity contribution is 6.23. The van der Waals surface area contributed by atoms with Gasteiger partial charge >= 0.3 is 0 Å². The van der Waals surface area contributed by atoms with Crippen LogP contribution in [0, 0.1) is 0 Å². The predicted octanol–water partition coefficient (Wildman–Crippen LogP) is 9.40. The van der Waals surface area contributed by atoms with Crippen LogP contribution in [0.2, 0.25) is 0 Å². The third-order valence-corrected chi connectivity index (χ3v) is 8.37. The Morgan fingerprint density at radius 3 is 1.66 bits per heavy atom. The van der Waals surface area contributed by atoms with Gasteiger partial charge in [-0.25, -0.2) is 9.97 Å². The minimum atomic E-state index is 0.623. The van der Waals surface area contributed by atoms with Crippen molar-refractivity contribution in [2.75, 3.05) is 0 Å². The molecule has 0 bridgehead atoms. The number of benzene rings is 5. The molecule has 0 N–H and O–H groups in total. The molecule has 5 heteroatoms. The average molecular weight is 564 g/mol. The molecule has 0 saturated carbocycles. The van der Waals surface area contributed by atoms with E-state index in [4.69, 9.17) is 15.0 Å². The van der Waals surface area contributed by atoms with Gasteiger partial charge in [0.05, 0.1) is 39.0 Å². The number of rotatable bonds is 4. The van der Waals surface area contributed by atoms with Crippen molar-refractivity contribution >= 4 is 43.7 Å². The first-order valence-corrected chi connectivity index (χ1v) is 14.7. The molecule has 5 aromatic carbocycles. The summed E-state index contributed by atoms with van der Waals surface area (Å²) in [7, 11) is 0. The van der Waals surface area contributed by atoms with Crippen LogP contribution >= 0.6 is 0 Å². The summed E-state index contributed by atoms with van der Waals surface area (Å²) in [5.41, 5.74) is 10.1. The van der Waals surface area contributed by atoms with E-state index in [0.29, 0.717) is 5.95 Å². The summed E-state index contributed by atoms with van der Waals surface area (Å²) in [6, 6.07) is 50.2. The molecule has 9 aromatic rings. The largest absolute Gasteiger partial charge is 0.307 e. The van der Waals surface area contributed by atoms with E-state index in [9.17, 15) is 0 Å². The van der Waals surface area contributed by atoms with Gasteiger partial charge in [0.1, 0.15) is 0 Å². The van der Waals surface area contributed by atoms with Gasteiger partial charge in [-0.05, 0) is 30.3 Å². The normalized spacial score (nSPS) is 11.6. The molecule has 4 aromatic heterocycles. The molecule has 0 aliphatic heterocycles. The zero-order valence-corrected chi connectivity index (χ0v) is 23.7. The number of hydrogen-bond donors (Lipinski definition) is 0. The van der Waals surface area contributed by atoms with Gasteiger partial charge < -0.3 is 4.57 Å². The molecule has 0 aliphatic rings. The summed E-state index contributed by atoms with van der Waals surface area (Å²) in [6.07, 6.45) is 2.01. The van der Waals surface area contributed by atoms with E-state index in [1.807, 2.05) is 24.4 Å². The number of para-hydroxylation sites is 3. The van der Waals surface area contributed by atoms with Gasteiger partial charge in [0.25, 0.3) is 0 Å². The minimum Gasteiger partial charge on any atom is -0.307 e. The lowest BCUT2D eigenvalue weighted by Crippen LogP contribution is -2.04. The Labute approximate surface area is 253 Å². The SMILES string of the molecule is c1ccc(-c2cc(-c3ccccc3)nc(-n3c4c5ccccc5ncc4c4c3c3ccccc3n4-c3ccccc3)n2)cc1. The van der Waals surface area contributed by atoms with E-state index in [1.54, 1.807) is 0 Å². The van der Waals surface area contributed by atoms with Crippen LogP contribution < -0.4 is 0 Å². The first kappa shape index (κ1) is 24.5. The molecular weight excluding hydrogens is 538 g/mol. The Bertz CT molecular complexity index is 2420. The molecule has 9 rings (SSSR count). The smallest absolute Gasteiger partial charge is 0.235 e. The Balaban J connectivity index is 1.50. The van der Waals surface area contributed by atoms with Crippen molar-refractivity contribution in [3.05, 3.63) is 152 Å². The van der Waals surface area contributed by atoms with E-state index in [2.05, 4.69) is 137 Å². The maximum absolute atomic E-state index is 5.29. The summed E-state index contributed by atoms with van der Waals surface area (Å²) in [5.74, 6) is 0.623. The van der Waals surface area contributed by atoms with Crippen LogP contribution in [0.4, 0.5) is 0 Å². The fourth-order valence-corrected chi connectivity index (χ4v) is 6.44. The fraction of sp³-hybridized carbons (Fsp3) is 0. The van der Waals surface area contributed by atoms with Crippen LogP contribution in [0.5, 0.6) is 0 Å². The maximum atomic E-state index is 5.29. The van der Waals surface area contributed by atoms with E-state index in [0.717, 1.165) is 71.9 Å². The molecular formula is C39H25N5. The van der Waals surface area contributed by atoms with Crippen LogP contribution in [0.3, 0.4) is 0 Å². The number of hydrogen-bond acceptors (Lipinski definition) is 3. The van der Waals surface area contributed by atoms with Crippen molar-refractivity contribution in [1.82, 2.24) is 24.1 Å². The first-order valence-electron chi connectivity index (χ1n) is 14.7. The molecule has 5 nitrogen and oxygen atoms in total. The molecule has 44 heavy (non-hydrogen) atoms. The number of nitrogens with zero attached hydrogens (tertiary/aromatic N) is 5. The third-order valence-electron chi connectivity index (χ3n) is 8.37. The van der Waals surface area contributed by atoms with Crippen molar-refractivity contribution in [1.29, 1.82) is 0 Å². The minimum absolute atomic E-state index is 0.623. The average Bonchev–Trinajstić information content (AvgIpc) is 3.62. The van der Waals surface area contributed by atoms with E-state index >= 15 is 0 Å². The standard InChI is InChI=1S/C39H25N5/c1-4-14-26(15-5-1)33-24-34(27-16-6-2-7-17-27)42-39(41-33)44-36-29-20-10-12-22-32(29)40-25-31(36)38-37(44)30-21-11-13-23-35(30)43(38)28-18-8-3-9-19-28/h1-25H. The highest BCUT2D eigenvalue weighted by Crippen LogP contribution is 2.42. The summed E-state index contributed by atoms with van der Waals surface area (Å²) < 4.78 is 4.61. The van der Waals surface area contributed by atoms with Gasteiger partial charge in [0, 0.05) is 39.2 Å². The van der Waals surface area contributed by atoms with Crippen LogP contribution in [0.1, 0.15) is 0 Å². The Kier molecular flexibility index (Phi) is 5.43. The zero-order valence-electron chi connectivity index (χ0n) is 23.7. The van der Waals surface area contributed by atoms with Crippen LogP contribution in [-0.4, -0.2) is 24.1 Å². The van der Waals surface area contributed by atoms with E-state index < -0.39 is 0 Å². The highest BCUT2D eigenvalue weighted by Gasteiger charge is 2.25. The van der Waals surface area contributed by atoms with Crippen molar-refractivity contribution in [3.8, 4) is 34.2 Å². The molecule has 206 valence electrons.